The van der Waals surface area contributed by atoms with E-state index in [9.17, 15) is 5.11 Å². The van der Waals surface area contributed by atoms with Crippen molar-refractivity contribution in [3.8, 4) is 0 Å². The van der Waals surface area contributed by atoms with E-state index >= 15 is 0 Å². The fraction of sp³-hybridized carbons (Fsp3) is 0.600. The van der Waals surface area contributed by atoms with Crippen LogP contribution in [0.5, 0.6) is 0 Å². The largest absolute Gasteiger partial charge is 0.394 e. The number of aryl methyl sites for hydroxylation is 1. The van der Waals surface area contributed by atoms with Gasteiger partial charge in [0.1, 0.15) is 0 Å². The Morgan fingerprint density at radius 1 is 1.44 bits per heavy atom. The SMILES string of the molecule is CCNCc1cc(C)ccc1N1CCCC1CO. The normalized spacial score (nSPS) is 19.5. The minimum atomic E-state index is 0.258. The predicted molar refractivity (Wildman–Crippen MR) is 76.0 cm³/mol. The van der Waals surface area contributed by atoms with Crippen LogP contribution >= 0.6 is 0 Å². The topological polar surface area (TPSA) is 35.5 Å². The summed E-state index contributed by atoms with van der Waals surface area (Å²) in [4.78, 5) is 2.37. The predicted octanol–water partition coefficient (Wildman–Crippen LogP) is 2.07. The Morgan fingerprint density at radius 2 is 2.28 bits per heavy atom. The molecular formula is C15H24N2O. The second-order valence-corrected chi connectivity index (χ2v) is 5.08. The molecule has 3 nitrogen and oxygen atoms in total. The first kappa shape index (κ1) is 13.4. The van der Waals surface area contributed by atoms with Crippen LogP contribution in [0.2, 0.25) is 0 Å². The maximum atomic E-state index is 9.46. The van der Waals surface area contributed by atoms with Crippen molar-refractivity contribution in [1.29, 1.82) is 0 Å². The lowest BCUT2D eigenvalue weighted by atomic mass is 10.1. The zero-order chi connectivity index (χ0) is 13.0. The van der Waals surface area contributed by atoms with Gasteiger partial charge in [0, 0.05) is 18.8 Å². The summed E-state index contributed by atoms with van der Waals surface area (Å²) in [5, 5.41) is 12.9. The van der Waals surface area contributed by atoms with Crippen molar-refractivity contribution in [1.82, 2.24) is 5.32 Å². The Hall–Kier alpha value is -1.06. The molecule has 3 heteroatoms. The molecule has 0 aliphatic carbocycles. The lowest BCUT2D eigenvalue weighted by Gasteiger charge is -2.28. The highest BCUT2D eigenvalue weighted by molar-refractivity contribution is 5.56. The maximum Gasteiger partial charge on any atom is 0.0635 e. The average molecular weight is 248 g/mol. The highest BCUT2D eigenvalue weighted by Crippen LogP contribution is 2.29. The number of benzene rings is 1. The van der Waals surface area contributed by atoms with Gasteiger partial charge in [0.15, 0.2) is 0 Å². The van der Waals surface area contributed by atoms with Gasteiger partial charge in [-0.3, -0.25) is 0 Å². The molecule has 0 amide bonds. The molecular weight excluding hydrogens is 224 g/mol. The van der Waals surface area contributed by atoms with Gasteiger partial charge < -0.3 is 15.3 Å². The van der Waals surface area contributed by atoms with Gasteiger partial charge >= 0.3 is 0 Å². The number of hydrogen-bond donors (Lipinski definition) is 2. The Morgan fingerprint density at radius 3 is 3.00 bits per heavy atom. The van der Waals surface area contributed by atoms with Crippen molar-refractivity contribution in [2.45, 2.75) is 39.3 Å². The first-order chi connectivity index (χ1) is 8.76. The summed E-state index contributed by atoms with van der Waals surface area (Å²) in [6.07, 6.45) is 2.28. The van der Waals surface area contributed by atoms with Crippen molar-refractivity contribution < 1.29 is 5.11 Å². The first-order valence-electron chi connectivity index (χ1n) is 6.94. The molecule has 1 aromatic carbocycles. The fourth-order valence-corrected chi connectivity index (χ4v) is 2.74. The lowest BCUT2D eigenvalue weighted by molar-refractivity contribution is 0.266. The smallest absolute Gasteiger partial charge is 0.0635 e. The quantitative estimate of drug-likeness (QED) is 0.837. The van der Waals surface area contributed by atoms with Crippen LogP contribution in [0, 0.1) is 6.92 Å². The van der Waals surface area contributed by atoms with Gasteiger partial charge in [0.05, 0.1) is 12.6 Å². The number of nitrogens with one attached hydrogen (secondary N) is 1. The van der Waals surface area contributed by atoms with E-state index < -0.39 is 0 Å². The Labute approximate surface area is 110 Å². The molecule has 1 aliphatic rings. The van der Waals surface area contributed by atoms with Crippen LogP contribution in [0.3, 0.4) is 0 Å². The summed E-state index contributed by atoms with van der Waals surface area (Å²) in [7, 11) is 0. The van der Waals surface area contributed by atoms with Crippen LogP contribution in [0.1, 0.15) is 30.9 Å². The fourth-order valence-electron chi connectivity index (χ4n) is 2.74. The zero-order valence-electron chi connectivity index (χ0n) is 11.4. The van der Waals surface area contributed by atoms with E-state index in [1.807, 2.05) is 0 Å². The van der Waals surface area contributed by atoms with Crippen LogP contribution in [-0.2, 0) is 6.54 Å². The van der Waals surface area contributed by atoms with Gasteiger partial charge in [-0.15, -0.1) is 0 Å². The van der Waals surface area contributed by atoms with E-state index in [4.69, 9.17) is 0 Å². The molecule has 1 aliphatic heterocycles. The molecule has 1 saturated heterocycles. The van der Waals surface area contributed by atoms with Crippen molar-refractivity contribution in [3.63, 3.8) is 0 Å². The molecule has 0 saturated carbocycles. The maximum absolute atomic E-state index is 9.46. The number of aliphatic hydroxyl groups excluding tert-OH is 1. The number of nitrogens with zero attached hydrogens (tertiary/aromatic N) is 1. The lowest BCUT2D eigenvalue weighted by Crippen LogP contribution is -2.33. The summed E-state index contributed by atoms with van der Waals surface area (Å²) in [5.41, 5.74) is 3.93. The average Bonchev–Trinajstić information content (AvgIpc) is 2.84. The monoisotopic (exact) mass is 248 g/mol. The van der Waals surface area contributed by atoms with Gasteiger partial charge in [0.2, 0.25) is 0 Å². The molecule has 100 valence electrons. The van der Waals surface area contributed by atoms with Crippen molar-refractivity contribution in [2.75, 3.05) is 24.6 Å². The summed E-state index contributed by atoms with van der Waals surface area (Å²) < 4.78 is 0. The highest BCUT2D eigenvalue weighted by atomic mass is 16.3. The van der Waals surface area contributed by atoms with Crippen LogP contribution in [0.25, 0.3) is 0 Å². The molecule has 2 N–H and O–H groups in total. The van der Waals surface area contributed by atoms with Crippen LogP contribution in [0.15, 0.2) is 18.2 Å². The molecule has 1 aromatic rings. The van der Waals surface area contributed by atoms with Crippen LogP contribution < -0.4 is 10.2 Å². The minimum absolute atomic E-state index is 0.258. The Bertz CT molecular complexity index is 392. The van der Waals surface area contributed by atoms with E-state index in [0.717, 1.165) is 26.1 Å². The van der Waals surface area contributed by atoms with E-state index in [2.05, 4.69) is 42.3 Å². The second-order valence-electron chi connectivity index (χ2n) is 5.08. The molecule has 0 aromatic heterocycles. The summed E-state index contributed by atoms with van der Waals surface area (Å²) in [6, 6.07) is 6.92. The summed E-state index contributed by atoms with van der Waals surface area (Å²) >= 11 is 0. The second kappa shape index (κ2) is 6.21. The van der Waals surface area contributed by atoms with Gasteiger partial charge in [-0.25, -0.2) is 0 Å². The third-order valence-electron chi connectivity index (χ3n) is 3.70. The molecule has 1 atom stereocenters. The molecule has 1 unspecified atom stereocenters. The number of rotatable bonds is 5. The number of aliphatic hydroxyl groups is 1. The van der Waals surface area contributed by atoms with E-state index in [-0.39, 0.29) is 6.61 Å². The zero-order valence-corrected chi connectivity index (χ0v) is 11.4. The van der Waals surface area contributed by atoms with Crippen molar-refractivity contribution in [2.24, 2.45) is 0 Å². The first-order valence-corrected chi connectivity index (χ1v) is 6.94. The summed E-state index contributed by atoms with van der Waals surface area (Å²) in [5.74, 6) is 0. The van der Waals surface area contributed by atoms with E-state index in [0.29, 0.717) is 6.04 Å². The third kappa shape index (κ3) is 2.85. The van der Waals surface area contributed by atoms with E-state index in [1.165, 1.54) is 23.2 Å². The molecule has 0 spiro atoms. The minimum Gasteiger partial charge on any atom is -0.394 e. The van der Waals surface area contributed by atoms with Crippen LogP contribution in [-0.4, -0.2) is 30.8 Å². The molecule has 18 heavy (non-hydrogen) atoms. The Kier molecular flexibility index (Phi) is 4.61. The van der Waals surface area contributed by atoms with Crippen molar-refractivity contribution >= 4 is 5.69 Å². The Balaban J connectivity index is 2.25. The van der Waals surface area contributed by atoms with Gasteiger partial charge in [-0.05, 0) is 37.9 Å². The van der Waals surface area contributed by atoms with Gasteiger partial charge in [0.25, 0.3) is 0 Å². The third-order valence-corrected chi connectivity index (χ3v) is 3.70. The molecule has 0 bridgehead atoms. The molecule has 0 radical (unpaired) electrons. The van der Waals surface area contributed by atoms with Crippen molar-refractivity contribution in [3.05, 3.63) is 29.3 Å². The highest BCUT2D eigenvalue weighted by Gasteiger charge is 2.25. The number of anilines is 1. The molecule has 1 heterocycles. The number of hydrogen-bond acceptors (Lipinski definition) is 3. The standard InChI is InChI=1S/C15H24N2O/c1-3-16-10-13-9-12(2)6-7-15(13)17-8-4-5-14(17)11-18/h6-7,9,14,16,18H,3-5,8,10-11H2,1-2H3. The summed E-state index contributed by atoms with van der Waals surface area (Å²) in [6.45, 7) is 7.47. The van der Waals surface area contributed by atoms with Gasteiger partial charge in [-0.2, -0.15) is 0 Å². The van der Waals surface area contributed by atoms with E-state index in [1.54, 1.807) is 0 Å². The molecule has 1 fully saturated rings. The van der Waals surface area contributed by atoms with Gasteiger partial charge in [-0.1, -0.05) is 24.6 Å². The molecule has 2 rings (SSSR count). The van der Waals surface area contributed by atoms with Crippen LogP contribution in [0.4, 0.5) is 5.69 Å².